The smallest absolute Gasteiger partial charge is 0.311 e. The maximum Gasteiger partial charge on any atom is 0.311 e. The van der Waals surface area contributed by atoms with E-state index in [1.165, 1.54) is 10.8 Å². The van der Waals surface area contributed by atoms with E-state index in [2.05, 4.69) is 35.8 Å². The van der Waals surface area contributed by atoms with Crippen molar-refractivity contribution in [3.05, 3.63) is 48.5 Å². The van der Waals surface area contributed by atoms with Crippen molar-refractivity contribution in [2.75, 3.05) is 13.2 Å². The highest BCUT2D eigenvalue weighted by atomic mass is 16.6. The zero-order chi connectivity index (χ0) is 24.0. The molecule has 0 radical (unpaired) electrons. The maximum absolute atomic E-state index is 12.9. The number of aromatic nitrogens is 1. The van der Waals surface area contributed by atoms with Gasteiger partial charge in [0.1, 0.15) is 13.2 Å². The van der Waals surface area contributed by atoms with Crippen LogP contribution < -0.4 is 0 Å². The van der Waals surface area contributed by atoms with Gasteiger partial charge in [-0.1, -0.05) is 43.3 Å². The van der Waals surface area contributed by atoms with E-state index in [0.717, 1.165) is 11.0 Å². The average molecular weight is 454 g/mol. The van der Waals surface area contributed by atoms with Crippen LogP contribution in [0.2, 0.25) is 0 Å². The summed E-state index contributed by atoms with van der Waals surface area (Å²) in [5.74, 6) is -2.01. The topological polar surface area (TPSA) is 94.8 Å². The first kappa shape index (κ1) is 24.3. The Balaban J connectivity index is 1.67. The van der Waals surface area contributed by atoms with Crippen molar-refractivity contribution in [1.82, 2.24) is 4.57 Å². The SMILES string of the molecule is CCC(C)(CC(C)n1c2ccccc2c2ccccc21)C(=O)OCCOC(=O)CCC(=O)O. The van der Waals surface area contributed by atoms with Gasteiger partial charge in [0.25, 0.3) is 0 Å². The van der Waals surface area contributed by atoms with E-state index >= 15 is 0 Å². The van der Waals surface area contributed by atoms with E-state index in [-0.39, 0.29) is 38.1 Å². The fourth-order valence-corrected chi connectivity index (χ4v) is 4.29. The second-order valence-electron chi connectivity index (χ2n) is 8.62. The van der Waals surface area contributed by atoms with E-state index in [9.17, 15) is 14.4 Å². The molecule has 3 aromatic rings. The van der Waals surface area contributed by atoms with Gasteiger partial charge in [0, 0.05) is 27.8 Å². The molecule has 0 aliphatic heterocycles. The number of hydrogen-bond donors (Lipinski definition) is 1. The predicted molar refractivity (Wildman–Crippen MR) is 126 cm³/mol. The van der Waals surface area contributed by atoms with Gasteiger partial charge in [-0.15, -0.1) is 0 Å². The van der Waals surface area contributed by atoms with Crippen molar-refractivity contribution < 1.29 is 29.0 Å². The van der Waals surface area contributed by atoms with Crippen molar-refractivity contribution in [2.45, 2.75) is 52.5 Å². The summed E-state index contributed by atoms with van der Waals surface area (Å²) in [6.45, 7) is 5.83. The van der Waals surface area contributed by atoms with Crippen LogP contribution in [0.4, 0.5) is 0 Å². The number of para-hydroxylation sites is 2. The lowest BCUT2D eigenvalue weighted by atomic mass is 9.81. The Kier molecular flexibility index (Phi) is 7.74. The minimum Gasteiger partial charge on any atom is -0.481 e. The molecular weight excluding hydrogens is 422 g/mol. The number of aliphatic carboxylic acids is 1. The van der Waals surface area contributed by atoms with Crippen molar-refractivity contribution in [3.63, 3.8) is 0 Å². The van der Waals surface area contributed by atoms with Gasteiger partial charge in [-0.25, -0.2) is 0 Å². The summed E-state index contributed by atoms with van der Waals surface area (Å²) in [4.78, 5) is 35.0. The van der Waals surface area contributed by atoms with Crippen LogP contribution in [0, 0.1) is 5.41 Å². The van der Waals surface area contributed by atoms with Crippen LogP contribution in [-0.2, 0) is 23.9 Å². The monoisotopic (exact) mass is 453 g/mol. The lowest BCUT2D eigenvalue weighted by molar-refractivity contribution is -0.161. The first-order valence-corrected chi connectivity index (χ1v) is 11.3. The minimum absolute atomic E-state index is 0.0427. The zero-order valence-electron chi connectivity index (χ0n) is 19.4. The van der Waals surface area contributed by atoms with E-state index < -0.39 is 17.4 Å². The second kappa shape index (κ2) is 10.5. The van der Waals surface area contributed by atoms with Crippen LogP contribution in [0.1, 0.15) is 52.5 Å². The van der Waals surface area contributed by atoms with E-state index in [4.69, 9.17) is 14.6 Å². The number of benzene rings is 2. The molecule has 7 nitrogen and oxygen atoms in total. The lowest BCUT2D eigenvalue weighted by Gasteiger charge is -2.30. The number of carbonyl (C=O) groups is 3. The molecule has 1 N–H and O–H groups in total. The lowest BCUT2D eigenvalue weighted by Crippen LogP contribution is -2.32. The van der Waals surface area contributed by atoms with Crippen molar-refractivity contribution in [3.8, 4) is 0 Å². The standard InChI is InChI=1S/C26H31NO6/c1-4-26(3,25(31)33-16-15-32-24(30)14-13-23(28)29)17-18(2)27-21-11-7-5-9-19(21)20-10-6-8-12-22(20)27/h5-12,18H,4,13-17H2,1-3H3,(H,28,29). The molecule has 3 rings (SSSR count). The molecule has 0 saturated heterocycles. The molecule has 0 fully saturated rings. The van der Waals surface area contributed by atoms with E-state index in [1.807, 2.05) is 38.1 Å². The molecule has 0 bridgehead atoms. The largest absolute Gasteiger partial charge is 0.481 e. The third kappa shape index (κ3) is 5.53. The molecule has 0 aliphatic rings. The summed E-state index contributed by atoms with van der Waals surface area (Å²) in [6, 6.07) is 16.6. The van der Waals surface area contributed by atoms with Gasteiger partial charge in [0.2, 0.25) is 0 Å². The van der Waals surface area contributed by atoms with Crippen molar-refractivity contribution >= 4 is 39.7 Å². The molecule has 1 heterocycles. The molecule has 176 valence electrons. The molecule has 0 spiro atoms. The number of hydrogen-bond acceptors (Lipinski definition) is 5. The molecule has 2 atom stereocenters. The first-order chi connectivity index (χ1) is 15.8. The Morgan fingerprint density at radius 2 is 1.48 bits per heavy atom. The number of rotatable bonds is 11. The fraction of sp³-hybridized carbons (Fsp3) is 0.423. The number of ether oxygens (including phenoxy) is 2. The van der Waals surface area contributed by atoms with Crippen LogP contribution >= 0.6 is 0 Å². The van der Waals surface area contributed by atoms with Crippen molar-refractivity contribution in [2.24, 2.45) is 5.41 Å². The van der Waals surface area contributed by atoms with Crippen LogP contribution in [0.25, 0.3) is 21.8 Å². The zero-order valence-corrected chi connectivity index (χ0v) is 19.4. The quantitative estimate of drug-likeness (QED) is 0.320. The van der Waals surface area contributed by atoms with Gasteiger partial charge in [-0.2, -0.15) is 0 Å². The highest BCUT2D eigenvalue weighted by Gasteiger charge is 2.35. The highest BCUT2D eigenvalue weighted by molar-refractivity contribution is 6.08. The van der Waals surface area contributed by atoms with Gasteiger partial charge in [0.05, 0.1) is 18.3 Å². The summed E-state index contributed by atoms with van der Waals surface area (Å²) < 4.78 is 12.7. The molecule has 0 aliphatic carbocycles. The minimum atomic E-state index is -1.06. The van der Waals surface area contributed by atoms with Gasteiger partial charge < -0.3 is 19.1 Å². The number of carboxylic acid groups (broad SMARTS) is 1. The number of carbonyl (C=O) groups excluding carboxylic acids is 2. The highest BCUT2D eigenvalue weighted by Crippen LogP contribution is 2.38. The number of esters is 2. The fourth-order valence-electron chi connectivity index (χ4n) is 4.29. The normalized spacial score (nSPS) is 14.0. The van der Waals surface area contributed by atoms with E-state index in [1.54, 1.807) is 0 Å². The second-order valence-corrected chi connectivity index (χ2v) is 8.62. The molecule has 7 heteroatoms. The number of fused-ring (bicyclic) bond motifs is 3. The van der Waals surface area contributed by atoms with Gasteiger partial charge in [0.15, 0.2) is 0 Å². The third-order valence-corrected chi connectivity index (χ3v) is 6.20. The molecule has 1 aromatic heterocycles. The van der Waals surface area contributed by atoms with Gasteiger partial charge in [-0.05, 0) is 38.8 Å². The van der Waals surface area contributed by atoms with Crippen LogP contribution in [0.3, 0.4) is 0 Å². The Morgan fingerprint density at radius 1 is 0.939 bits per heavy atom. The predicted octanol–water partition coefficient (Wildman–Crippen LogP) is 5.11. The first-order valence-electron chi connectivity index (χ1n) is 11.3. The molecular formula is C26H31NO6. The third-order valence-electron chi connectivity index (χ3n) is 6.20. The average Bonchev–Trinajstić information content (AvgIpc) is 3.14. The van der Waals surface area contributed by atoms with Crippen LogP contribution in [0.15, 0.2) is 48.5 Å². The summed E-state index contributed by atoms with van der Waals surface area (Å²) in [7, 11) is 0. The van der Waals surface area contributed by atoms with Crippen LogP contribution in [0.5, 0.6) is 0 Å². The Bertz CT molecular complexity index is 1100. The summed E-state index contributed by atoms with van der Waals surface area (Å²) in [5, 5.41) is 11.0. The Labute approximate surface area is 193 Å². The van der Waals surface area contributed by atoms with Gasteiger partial charge >= 0.3 is 17.9 Å². The van der Waals surface area contributed by atoms with E-state index in [0.29, 0.717) is 12.8 Å². The molecule has 2 unspecified atom stereocenters. The summed E-state index contributed by atoms with van der Waals surface area (Å²) >= 11 is 0. The molecule has 0 amide bonds. The van der Waals surface area contributed by atoms with Crippen LogP contribution in [-0.4, -0.2) is 40.8 Å². The Morgan fingerprint density at radius 3 is 2.03 bits per heavy atom. The number of nitrogens with zero attached hydrogens (tertiary/aromatic N) is 1. The number of carboxylic acids is 1. The summed E-state index contributed by atoms with van der Waals surface area (Å²) in [6.07, 6.45) is 0.703. The van der Waals surface area contributed by atoms with Gasteiger partial charge in [-0.3, -0.25) is 14.4 Å². The Hall–Kier alpha value is -3.35. The molecule has 0 saturated carbocycles. The maximum atomic E-state index is 12.9. The van der Waals surface area contributed by atoms with Crippen molar-refractivity contribution in [1.29, 1.82) is 0 Å². The molecule has 2 aromatic carbocycles. The summed E-state index contributed by atoms with van der Waals surface area (Å²) in [5.41, 5.74) is 1.55. The molecule has 33 heavy (non-hydrogen) atoms.